The topological polar surface area (TPSA) is 69.7 Å². The van der Waals surface area contributed by atoms with Crippen LogP contribution in [0.25, 0.3) is 0 Å². The molecule has 6 nitrogen and oxygen atoms in total. The summed E-state index contributed by atoms with van der Waals surface area (Å²) in [5, 5.41) is 2.86. The molecule has 4 rings (SSSR count). The first kappa shape index (κ1) is 17.8. The van der Waals surface area contributed by atoms with Gasteiger partial charge in [0.15, 0.2) is 0 Å². The van der Waals surface area contributed by atoms with Crippen LogP contribution in [-0.4, -0.2) is 42.3 Å². The van der Waals surface area contributed by atoms with Gasteiger partial charge in [0, 0.05) is 37.4 Å². The van der Waals surface area contributed by atoms with E-state index in [1.54, 1.807) is 0 Å². The molecule has 0 radical (unpaired) electrons. The lowest BCUT2D eigenvalue weighted by Crippen LogP contribution is -2.34. The Balaban J connectivity index is 1.29. The number of hydrogen-bond acceptors (Lipinski definition) is 4. The van der Waals surface area contributed by atoms with Crippen molar-refractivity contribution >= 4 is 29.1 Å². The number of rotatable bonds is 5. The van der Waals surface area contributed by atoms with Gasteiger partial charge in [-0.25, -0.2) is 0 Å². The lowest BCUT2D eigenvalue weighted by Gasteiger charge is -2.18. The van der Waals surface area contributed by atoms with Gasteiger partial charge >= 0.3 is 0 Å². The highest BCUT2D eigenvalue weighted by molar-refractivity contribution is 6.05. The molecule has 6 heteroatoms. The summed E-state index contributed by atoms with van der Waals surface area (Å²) in [6, 6.07) is 7.84. The molecule has 0 bridgehead atoms. The van der Waals surface area contributed by atoms with E-state index in [1.807, 2.05) is 36.4 Å². The maximum absolute atomic E-state index is 12.4. The molecule has 2 fully saturated rings. The first-order valence-corrected chi connectivity index (χ1v) is 9.78. The molecule has 1 aliphatic carbocycles. The fourth-order valence-corrected chi connectivity index (χ4v) is 4.26. The largest absolute Gasteiger partial charge is 0.372 e. The van der Waals surface area contributed by atoms with E-state index in [0.717, 1.165) is 18.8 Å². The normalized spacial score (nSPS) is 24.4. The molecule has 1 N–H and O–H groups in total. The minimum absolute atomic E-state index is 0.123. The number of amides is 3. The molecule has 2 saturated heterocycles. The summed E-state index contributed by atoms with van der Waals surface area (Å²) in [6.07, 6.45) is 7.76. The minimum atomic E-state index is -0.233. The van der Waals surface area contributed by atoms with Gasteiger partial charge in [0.05, 0.1) is 11.8 Å². The molecule has 0 aromatic heterocycles. The number of likely N-dealkylation sites (tertiary alicyclic amines) is 1. The Labute approximate surface area is 159 Å². The van der Waals surface area contributed by atoms with Crippen LogP contribution in [0.1, 0.15) is 32.1 Å². The Kier molecular flexibility index (Phi) is 4.97. The highest BCUT2D eigenvalue weighted by atomic mass is 16.2. The predicted octanol–water partition coefficient (Wildman–Crippen LogP) is 2.57. The van der Waals surface area contributed by atoms with Crippen LogP contribution in [-0.2, 0) is 14.4 Å². The van der Waals surface area contributed by atoms with E-state index in [1.165, 1.54) is 23.4 Å². The van der Waals surface area contributed by atoms with Crippen LogP contribution in [0, 0.1) is 11.8 Å². The van der Waals surface area contributed by atoms with Gasteiger partial charge in [-0.2, -0.15) is 0 Å². The van der Waals surface area contributed by atoms with E-state index in [-0.39, 0.29) is 42.5 Å². The molecule has 0 unspecified atom stereocenters. The van der Waals surface area contributed by atoms with Crippen molar-refractivity contribution in [1.82, 2.24) is 4.90 Å². The van der Waals surface area contributed by atoms with Gasteiger partial charge in [-0.3, -0.25) is 19.3 Å². The SMILES string of the molecule is O=C(CCN1C(=O)[C@H]2CC=CC[C@H]2C1=O)Nc1ccc(N2CCCC2)cc1. The maximum Gasteiger partial charge on any atom is 0.233 e. The number of hydrogen-bond donors (Lipinski definition) is 1. The summed E-state index contributed by atoms with van der Waals surface area (Å²) in [6.45, 7) is 2.32. The molecule has 0 saturated carbocycles. The Morgan fingerprint density at radius 3 is 2.15 bits per heavy atom. The summed E-state index contributed by atoms with van der Waals surface area (Å²) >= 11 is 0. The first-order valence-electron chi connectivity index (χ1n) is 9.78. The Morgan fingerprint density at radius 2 is 1.56 bits per heavy atom. The van der Waals surface area contributed by atoms with Gasteiger partial charge in [0.25, 0.3) is 0 Å². The molecule has 142 valence electrons. The second-order valence-corrected chi connectivity index (χ2v) is 7.52. The van der Waals surface area contributed by atoms with Crippen LogP contribution >= 0.6 is 0 Å². The van der Waals surface area contributed by atoms with Gasteiger partial charge in [0.2, 0.25) is 17.7 Å². The summed E-state index contributed by atoms with van der Waals surface area (Å²) in [7, 11) is 0. The fraction of sp³-hybridized carbons (Fsp3) is 0.476. The lowest BCUT2D eigenvalue weighted by molar-refractivity contribution is -0.140. The minimum Gasteiger partial charge on any atom is -0.372 e. The summed E-state index contributed by atoms with van der Waals surface area (Å²) in [5.74, 6) is -0.904. The Bertz CT molecular complexity index is 739. The lowest BCUT2D eigenvalue weighted by atomic mass is 9.85. The summed E-state index contributed by atoms with van der Waals surface area (Å²) in [4.78, 5) is 40.7. The van der Waals surface area contributed by atoms with Crippen molar-refractivity contribution in [3.8, 4) is 0 Å². The number of carbonyl (C=O) groups is 3. The number of fused-ring (bicyclic) bond motifs is 1. The van der Waals surface area contributed by atoms with Crippen molar-refractivity contribution in [2.24, 2.45) is 11.8 Å². The standard InChI is InChI=1S/C21H25N3O3/c25-19(22-15-7-9-16(10-8-15)23-12-3-4-13-23)11-14-24-20(26)17-5-1-2-6-18(17)21(24)27/h1-2,7-10,17-18H,3-6,11-14H2,(H,22,25)/t17-,18+. The highest BCUT2D eigenvalue weighted by Gasteiger charge is 2.46. The van der Waals surface area contributed by atoms with Crippen LogP contribution in [0.2, 0.25) is 0 Å². The van der Waals surface area contributed by atoms with Crippen molar-refractivity contribution in [3.63, 3.8) is 0 Å². The molecule has 1 aromatic carbocycles. The van der Waals surface area contributed by atoms with Gasteiger partial charge < -0.3 is 10.2 Å². The molecule has 3 amide bonds. The van der Waals surface area contributed by atoms with Crippen LogP contribution < -0.4 is 10.2 Å². The van der Waals surface area contributed by atoms with E-state index in [0.29, 0.717) is 12.8 Å². The molecule has 1 aromatic rings. The van der Waals surface area contributed by atoms with Crippen LogP contribution in [0.5, 0.6) is 0 Å². The quantitative estimate of drug-likeness (QED) is 0.641. The van der Waals surface area contributed by atoms with E-state index in [4.69, 9.17) is 0 Å². The summed E-state index contributed by atoms with van der Waals surface area (Å²) in [5.41, 5.74) is 1.91. The number of anilines is 2. The monoisotopic (exact) mass is 367 g/mol. The smallest absolute Gasteiger partial charge is 0.233 e. The number of benzene rings is 1. The second kappa shape index (κ2) is 7.55. The van der Waals surface area contributed by atoms with Crippen molar-refractivity contribution in [1.29, 1.82) is 0 Å². The predicted molar refractivity (Wildman–Crippen MR) is 103 cm³/mol. The zero-order valence-corrected chi connectivity index (χ0v) is 15.4. The average Bonchev–Trinajstić information content (AvgIpc) is 3.30. The van der Waals surface area contributed by atoms with Gasteiger partial charge in [-0.15, -0.1) is 0 Å². The number of carbonyl (C=O) groups excluding carboxylic acids is 3. The molecular formula is C21H25N3O3. The number of imide groups is 1. The fourth-order valence-electron chi connectivity index (χ4n) is 4.26. The van der Waals surface area contributed by atoms with E-state index >= 15 is 0 Å². The molecule has 2 aliphatic heterocycles. The number of allylic oxidation sites excluding steroid dienone is 2. The van der Waals surface area contributed by atoms with Gasteiger partial charge in [0.1, 0.15) is 0 Å². The van der Waals surface area contributed by atoms with Crippen molar-refractivity contribution < 1.29 is 14.4 Å². The Morgan fingerprint density at radius 1 is 0.963 bits per heavy atom. The third-order valence-corrected chi connectivity index (χ3v) is 5.78. The molecular weight excluding hydrogens is 342 g/mol. The molecule has 0 spiro atoms. The van der Waals surface area contributed by atoms with Crippen molar-refractivity contribution in [2.45, 2.75) is 32.1 Å². The van der Waals surface area contributed by atoms with Crippen LogP contribution in [0.15, 0.2) is 36.4 Å². The molecule has 3 aliphatic rings. The zero-order chi connectivity index (χ0) is 18.8. The summed E-state index contributed by atoms with van der Waals surface area (Å²) < 4.78 is 0. The maximum atomic E-state index is 12.4. The number of nitrogens with one attached hydrogen (secondary N) is 1. The Hall–Kier alpha value is -2.63. The van der Waals surface area contributed by atoms with E-state index in [9.17, 15) is 14.4 Å². The second-order valence-electron chi connectivity index (χ2n) is 7.52. The van der Waals surface area contributed by atoms with Gasteiger partial charge in [-0.05, 0) is 49.9 Å². The van der Waals surface area contributed by atoms with Crippen LogP contribution in [0.4, 0.5) is 11.4 Å². The molecule has 2 heterocycles. The molecule has 2 atom stereocenters. The van der Waals surface area contributed by atoms with Crippen LogP contribution in [0.3, 0.4) is 0 Å². The zero-order valence-electron chi connectivity index (χ0n) is 15.4. The third-order valence-electron chi connectivity index (χ3n) is 5.78. The van der Waals surface area contributed by atoms with E-state index in [2.05, 4.69) is 10.2 Å². The van der Waals surface area contributed by atoms with Gasteiger partial charge in [-0.1, -0.05) is 12.2 Å². The highest BCUT2D eigenvalue weighted by Crippen LogP contribution is 2.35. The molecule has 27 heavy (non-hydrogen) atoms. The average molecular weight is 367 g/mol. The van der Waals surface area contributed by atoms with Crippen molar-refractivity contribution in [2.75, 3.05) is 29.9 Å². The van der Waals surface area contributed by atoms with E-state index < -0.39 is 0 Å². The first-order chi connectivity index (χ1) is 13.1. The third kappa shape index (κ3) is 3.61. The number of nitrogens with zero attached hydrogens (tertiary/aromatic N) is 2. The van der Waals surface area contributed by atoms with Crippen molar-refractivity contribution in [3.05, 3.63) is 36.4 Å².